The molecule has 3 heterocycles. The van der Waals surface area contributed by atoms with Crippen LogP contribution in [0.1, 0.15) is 5.69 Å². The maximum atomic E-state index is 11.1. The molecule has 0 spiro atoms. The Labute approximate surface area is 115 Å². The number of H-pyrrole nitrogens is 1. The maximum Gasteiger partial charge on any atom is 0.304 e. The Morgan fingerprint density at radius 1 is 1.37 bits per heavy atom. The minimum atomic E-state index is -0.0653. The molecule has 7 nitrogen and oxygen atoms in total. The van der Waals surface area contributed by atoms with Gasteiger partial charge in [0, 0.05) is 11.1 Å². The average molecular weight is 294 g/mol. The molecule has 19 heavy (non-hydrogen) atoms. The Balaban J connectivity index is 1.90. The summed E-state index contributed by atoms with van der Waals surface area (Å²) in [5.74, 6) is 6.39. The first-order valence-corrected chi connectivity index (χ1v) is 7.14. The maximum absolute atomic E-state index is 11.1. The van der Waals surface area contributed by atoms with E-state index in [4.69, 9.17) is 5.84 Å². The molecule has 0 aliphatic heterocycles. The van der Waals surface area contributed by atoms with Gasteiger partial charge in [-0.05, 0) is 11.4 Å². The summed E-state index contributed by atoms with van der Waals surface area (Å²) in [5, 5.41) is 7.83. The summed E-state index contributed by atoms with van der Waals surface area (Å²) in [4.78, 5) is 23.1. The smallest absolute Gasteiger partial charge is 0.304 e. The van der Waals surface area contributed by atoms with Gasteiger partial charge in [0.2, 0.25) is 5.95 Å². The number of hydrazine groups is 1. The lowest BCUT2D eigenvalue weighted by Gasteiger charge is -2.07. The highest BCUT2D eigenvalue weighted by molar-refractivity contribution is 7.16. The highest BCUT2D eigenvalue weighted by atomic mass is 32.1. The topological polar surface area (TPSA) is 109 Å². The van der Waals surface area contributed by atoms with Gasteiger partial charge in [-0.2, -0.15) is 4.98 Å². The zero-order valence-corrected chi connectivity index (χ0v) is 11.3. The van der Waals surface area contributed by atoms with Crippen molar-refractivity contribution in [3.8, 4) is 0 Å². The summed E-state index contributed by atoms with van der Waals surface area (Å²) in [6, 6.07) is 1.94. The first-order chi connectivity index (χ1) is 9.26. The van der Waals surface area contributed by atoms with Crippen molar-refractivity contribution in [3.63, 3.8) is 0 Å². The van der Waals surface area contributed by atoms with Crippen molar-refractivity contribution in [2.75, 3.05) is 10.7 Å². The second-order valence-corrected chi connectivity index (χ2v) is 5.44. The predicted octanol–water partition coefficient (Wildman–Crippen LogP) is 1.34. The van der Waals surface area contributed by atoms with Crippen LogP contribution in [0.4, 0.5) is 11.8 Å². The number of hydrogen-bond acceptors (Lipinski definition) is 8. The number of fused-ring (bicyclic) bond motifs is 1. The fourth-order valence-electron chi connectivity index (χ4n) is 1.63. The molecule has 3 aromatic heterocycles. The molecular formula is C10H10N6OS2. The third kappa shape index (κ3) is 2.43. The van der Waals surface area contributed by atoms with Crippen LogP contribution < -0.4 is 21.5 Å². The van der Waals surface area contributed by atoms with Crippen molar-refractivity contribution in [2.45, 2.75) is 6.54 Å². The first kappa shape index (κ1) is 12.1. The Morgan fingerprint density at radius 3 is 3.00 bits per heavy atom. The van der Waals surface area contributed by atoms with Crippen molar-refractivity contribution in [1.82, 2.24) is 15.0 Å². The Kier molecular flexibility index (Phi) is 3.15. The molecule has 0 saturated carbocycles. The van der Waals surface area contributed by atoms with E-state index in [0.717, 1.165) is 27.2 Å². The fraction of sp³-hybridized carbons (Fsp3) is 0.100. The van der Waals surface area contributed by atoms with Crippen LogP contribution in [-0.2, 0) is 6.54 Å². The van der Waals surface area contributed by atoms with Gasteiger partial charge in [-0.3, -0.25) is 10.2 Å². The summed E-state index contributed by atoms with van der Waals surface area (Å²) in [6.45, 7) is 0.491. The van der Waals surface area contributed by atoms with E-state index >= 15 is 0 Å². The van der Waals surface area contributed by atoms with Crippen LogP contribution in [0.2, 0.25) is 0 Å². The predicted molar refractivity (Wildman–Crippen MR) is 77.5 cm³/mol. The van der Waals surface area contributed by atoms with Gasteiger partial charge < -0.3 is 10.3 Å². The number of anilines is 2. The number of aromatic amines is 1. The third-order valence-electron chi connectivity index (χ3n) is 2.47. The van der Waals surface area contributed by atoms with Gasteiger partial charge >= 0.3 is 4.87 Å². The number of thiophene rings is 1. The van der Waals surface area contributed by atoms with E-state index in [2.05, 4.69) is 25.7 Å². The van der Waals surface area contributed by atoms with Gasteiger partial charge in [0.15, 0.2) is 0 Å². The molecule has 98 valence electrons. The highest BCUT2D eigenvalue weighted by Gasteiger charge is 2.08. The number of rotatable bonds is 4. The lowest BCUT2D eigenvalue weighted by molar-refractivity contribution is 1.04. The van der Waals surface area contributed by atoms with Gasteiger partial charge in [0.05, 0.1) is 11.9 Å². The molecule has 0 aliphatic rings. The normalized spacial score (nSPS) is 10.8. The van der Waals surface area contributed by atoms with Crippen LogP contribution in [0.15, 0.2) is 21.6 Å². The monoisotopic (exact) mass is 294 g/mol. The largest absolute Gasteiger partial charge is 0.364 e. The second kappa shape index (κ2) is 4.96. The molecule has 5 N–H and O–H groups in total. The van der Waals surface area contributed by atoms with Crippen molar-refractivity contribution < 1.29 is 0 Å². The van der Waals surface area contributed by atoms with E-state index in [1.807, 2.05) is 11.4 Å². The molecule has 9 heteroatoms. The molecule has 0 aliphatic carbocycles. The van der Waals surface area contributed by atoms with Crippen molar-refractivity contribution in [3.05, 3.63) is 32.2 Å². The van der Waals surface area contributed by atoms with Crippen LogP contribution in [-0.4, -0.2) is 15.0 Å². The zero-order chi connectivity index (χ0) is 13.2. The number of nitrogens with one attached hydrogen (secondary N) is 3. The van der Waals surface area contributed by atoms with Gasteiger partial charge in [-0.25, -0.2) is 10.8 Å². The fourth-order valence-corrected chi connectivity index (χ4v) is 2.98. The molecule has 0 fully saturated rings. The molecule has 0 atom stereocenters. The molecule has 0 radical (unpaired) electrons. The molecule has 3 rings (SSSR count). The van der Waals surface area contributed by atoms with E-state index in [-0.39, 0.29) is 4.87 Å². The summed E-state index contributed by atoms with van der Waals surface area (Å²) in [7, 11) is 0. The molecule has 3 aromatic rings. The molecule has 0 aromatic carbocycles. The van der Waals surface area contributed by atoms with E-state index < -0.39 is 0 Å². The standard InChI is InChI=1S/C10H10N6OS2/c11-16-9-14-7(6-1-2-18-8(6)15-9)12-3-5-4-19-10(17)13-5/h1-2,4H,3,11H2,(H,13,17)(H2,12,14,15,16). The molecule has 0 saturated heterocycles. The van der Waals surface area contributed by atoms with Gasteiger partial charge in [-0.1, -0.05) is 11.3 Å². The van der Waals surface area contributed by atoms with E-state index in [1.165, 1.54) is 11.3 Å². The minimum Gasteiger partial charge on any atom is -0.364 e. The summed E-state index contributed by atoms with van der Waals surface area (Å²) in [6.07, 6.45) is 0. The summed E-state index contributed by atoms with van der Waals surface area (Å²) < 4.78 is 0. The van der Waals surface area contributed by atoms with Gasteiger partial charge in [0.1, 0.15) is 10.6 Å². The van der Waals surface area contributed by atoms with Gasteiger partial charge in [-0.15, -0.1) is 11.3 Å². The molecule has 0 bridgehead atoms. The Hall–Kier alpha value is -1.97. The number of aromatic nitrogens is 3. The van der Waals surface area contributed by atoms with E-state index in [1.54, 1.807) is 5.38 Å². The van der Waals surface area contributed by atoms with Crippen molar-refractivity contribution in [1.29, 1.82) is 0 Å². The minimum absolute atomic E-state index is 0.0653. The third-order valence-corrected chi connectivity index (χ3v) is 4.00. The lowest BCUT2D eigenvalue weighted by atomic mass is 10.3. The first-order valence-electron chi connectivity index (χ1n) is 5.38. The van der Waals surface area contributed by atoms with Crippen LogP contribution in [0.5, 0.6) is 0 Å². The number of nitrogen functional groups attached to an aromatic ring is 1. The lowest BCUT2D eigenvalue weighted by Crippen LogP contribution is -2.12. The number of nitrogens with two attached hydrogens (primary N) is 1. The summed E-state index contributed by atoms with van der Waals surface area (Å²) >= 11 is 2.65. The zero-order valence-electron chi connectivity index (χ0n) is 9.64. The average Bonchev–Trinajstić information content (AvgIpc) is 3.04. The van der Waals surface area contributed by atoms with Gasteiger partial charge in [0.25, 0.3) is 0 Å². The second-order valence-electron chi connectivity index (χ2n) is 3.71. The number of thiazole rings is 1. The molecular weight excluding hydrogens is 284 g/mol. The van der Waals surface area contributed by atoms with Crippen LogP contribution in [0.25, 0.3) is 10.2 Å². The quantitative estimate of drug-likeness (QED) is 0.427. The van der Waals surface area contributed by atoms with Crippen LogP contribution >= 0.6 is 22.7 Å². The highest BCUT2D eigenvalue weighted by Crippen LogP contribution is 2.26. The SMILES string of the molecule is NNc1nc(NCc2csc(=O)[nH]2)c2ccsc2n1. The van der Waals surface area contributed by atoms with E-state index in [0.29, 0.717) is 18.3 Å². The van der Waals surface area contributed by atoms with Crippen LogP contribution in [0, 0.1) is 0 Å². The summed E-state index contributed by atoms with van der Waals surface area (Å²) in [5.41, 5.74) is 3.26. The Bertz CT molecular complexity index is 761. The number of hydrogen-bond donors (Lipinski definition) is 4. The van der Waals surface area contributed by atoms with Crippen LogP contribution in [0.3, 0.4) is 0 Å². The van der Waals surface area contributed by atoms with Crippen molar-refractivity contribution >= 4 is 44.7 Å². The van der Waals surface area contributed by atoms with Crippen molar-refractivity contribution in [2.24, 2.45) is 5.84 Å². The van der Waals surface area contributed by atoms with E-state index in [9.17, 15) is 4.79 Å². The molecule has 0 unspecified atom stereocenters. The Morgan fingerprint density at radius 2 is 2.26 bits per heavy atom. The molecule has 0 amide bonds. The number of nitrogens with zero attached hydrogens (tertiary/aromatic N) is 2.